The molecule has 0 bridgehead atoms. The van der Waals surface area contributed by atoms with E-state index >= 15 is 0 Å². The molecule has 0 radical (unpaired) electrons. The third kappa shape index (κ3) is 8.68. The van der Waals surface area contributed by atoms with Crippen LogP contribution in [0.3, 0.4) is 0 Å². The first-order chi connectivity index (χ1) is 15.0. The first kappa shape index (κ1) is 24.2. The molecule has 0 fully saturated rings. The van der Waals surface area contributed by atoms with Crippen LogP contribution < -0.4 is 25.4 Å². The predicted molar refractivity (Wildman–Crippen MR) is 121 cm³/mol. The molecule has 1 unspecified atom stereocenters. The Kier molecular flexibility index (Phi) is 10.4. The number of unbranched alkanes of at least 4 members (excludes halogenated alkanes) is 1. The minimum atomic E-state index is -0.441. The average Bonchev–Trinajstić information content (AvgIpc) is 2.79. The van der Waals surface area contributed by atoms with Crippen molar-refractivity contribution >= 4 is 11.8 Å². The van der Waals surface area contributed by atoms with Crippen molar-refractivity contribution in [3.63, 3.8) is 0 Å². The highest BCUT2D eigenvalue weighted by Gasteiger charge is 2.18. The summed E-state index contributed by atoms with van der Waals surface area (Å²) in [5.74, 6) is 1.19. The van der Waals surface area contributed by atoms with Crippen LogP contribution in [-0.2, 0) is 16.1 Å². The number of carbonyl (C=O) groups is 2. The molecule has 2 aromatic carbocycles. The Morgan fingerprint density at radius 2 is 1.81 bits per heavy atom. The highest BCUT2D eigenvalue weighted by Crippen LogP contribution is 2.21. The third-order valence-corrected chi connectivity index (χ3v) is 4.80. The average molecular weight is 428 g/mol. The van der Waals surface area contributed by atoms with E-state index in [1.54, 1.807) is 14.2 Å². The number of ether oxygens (including phenoxy) is 2. The maximum atomic E-state index is 12.5. The van der Waals surface area contributed by atoms with E-state index < -0.39 is 6.04 Å². The molecule has 168 valence electrons. The van der Waals surface area contributed by atoms with E-state index in [0.717, 1.165) is 36.3 Å². The normalized spacial score (nSPS) is 11.5. The Balaban J connectivity index is 1.86. The summed E-state index contributed by atoms with van der Waals surface area (Å²) in [5, 5.41) is 8.68. The molecule has 0 saturated carbocycles. The number of amides is 2. The highest BCUT2D eigenvalue weighted by atomic mass is 16.5. The molecule has 7 heteroatoms. The molecular formula is C24H33N3O4. The molecule has 0 aliphatic rings. The van der Waals surface area contributed by atoms with E-state index in [0.29, 0.717) is 12.3 Å². The van der Waals surface area contributed by atoms with Gasteiger partial charge in [-0.15, -0.1) is 0 Å². The number of hydrogen-bond donors (Lipinski definition) is 3. The molecule has 0 aromatic heterocycles. The van der Waals surface area contributed by atoms with Crippen LogP contribution in [0.2, 0.25) is 0 Å². The summed E-state index contributed by atoms with van der Waals surface area (Å²) in [6.07, 6.45) is 2.29. The molecule has 0 aliphatic carbocycles. The van der Waals surface area contributed by atoms with Gasteiger partial charge < -0.3 is 25.4 Å². The Hall–Kier alpha value is -3.06. The van der Waals surface area contributed by atoms with Gasteiger partial charge in [0.1, 0.15) is 11.5 Å². The van der Waals surface area contributed by atoms with Crippen molar-refractivity contribution in [3.05, 3.63) is 59.7 Å². The molecule has 0 saturated heterocycles. The van der Waals surface area contributed by atoms with Gasteiger partial charge in [0.25, 0.3) is 0 Å². The van der Waals surface area contributed by atoms with Crippen molar-refractivity contribution in [1.82, 2.24) is 16.0 Å². The Morgan fingerprint density at radius 3 is 2.48 bits per heavy atom. The van der Waals surface area contributed by atoms with Gasteiger partial charge in [0.05, 0.1) is 32.7 Å². The second kappa shape index (κ2) is 13.3. The van der Waals surface area contributed by atoms with E-state index in [1.807, 2.05) is 48.5 Å². The smallest absolute Gasteiger partial charge is 0.234 e. The van der Waals surface area contributed by atoms with Crippen LogP contribution in [-0.4, -0.2) is 39.1 Å². The SMILES string of the molecule is CCCCOc1ccc(CNCC(=O)NC(CC(=O)NC)c2cccc(OC)c2)cc1. The van der Waals surface area contributed by atoms with Gasteiger partial charge in [-0.1, -0.05) is 37.6 Å². The standard InChI is InChI=1S/C24H33N3O4/c1-4-5-13-31-20-11-9-18(10-12-20)16-26-17-24(29)27-22(15-23(28)25-2)19-7-6-8-21(14-19)30-3/h6-12,14,22,26H,4-5,13,15-17H2,1-3H3,(H,25,28)(H,27,29). The molecule has 2 aromatic rings. The van der Waals surface area contributed by atoms with E-state index in [9.17, 15) is 9.59 Å². The number of hydrogen-bond acceptors (Lipinski definition) is 5. The van der Waals surface area contributed by atoms with Crippen LogP contribution in [0.1, 0.15) is 43.4 Å². The fourth-order valence-corrected chi connectivity index (χ4v) is 3.00. The Labute approximate surface area is 184 Å². The van der Waals surface area contributed by atoms with Crippen molar-refractivity contribution in [1.29, 1.82) is 0 Å². The molecule has 31 heavy (non-hydrogen) atoms. The summed E-state index contributed by atoms with van der Waals surface area (Å²) in [6, 6.07) is 14.8. The van der Waals surface area contributed by atoms with Gasteiger partial charge in [0, 0.05) is 13.6 Å². The zero-order valence-electron chi connectivity index (χ0n) is 18.6. The lowest BCUT2D eigenvalue weighted by atomic mass is 10.0. The van der Waals surface area contributed by atoms with Crippen LogP contribution in [0.5, 0.6) is 11.5 Å². The van der Waals surface area contributed by atoms with Gasteiger partial charge in [-0.05, 0) is 41.8 Å². The maximum absolute atomic E-state index is 12.5. The number of methoxy groups -OCH3 is 1. The molecule has 3 N–H and O–H groups in total. The van der Waals surface area contributed by atoms with Crippen LogP contribution in [0.15, 0.2) is 48.5 Å². The maximum Gasteiger partial charge on any atom is 0.234 e. The summed E-state index contributed by atoms with van der Waals surface area (Å²) in [7, 11) is 3.16. The molecule has 1 atom stereocenters. The number of nitrogens with one attached hydrogen (secondary N) is 3. The summed E-state index contributed by atoms with van der Waals surface area (Å²) in [4.78, 5) is 24.4. The Morgan fingerprint density at radius 1 is 1.03 bits per heavy atom. The minimum Gasteiger partial charge on any atom is -0.497 e. The number of rotatable bonds is 13. The van der Waals surface area contributed by atoms with Crippen LogP contribution in [0, 0.1) is 0 Å². The van der Waals surface area contributed by atoms with Gasteiger partial charge in [-0.2, -0.15) is 0 Å². The van der Waals surface area contributed by atoms with E-state index in [2.05, 4.69) is 22.9 Å². The topological polar surface area (TPSA) is 88.7 Å². The summed E-state index contributed by atoms with van der Waals surface area (Å²) in [5.41, 5.74) is 1.88. The molecule has 2 rings (SSSR count). The summed E-state index contributed by atoms with van der Waals surface area (Å²) in [6.45, 7) is 3.55. The van der Waals surface area contributed by atoms with Crippen LogP contribution in [0.25, 0.3) is 0 Å². The first-order valence-corrected chi connectivity index (χ1v) is 10.6. The van der Waals surface area contributed by atoms with Gasteiger partial charge >= 0.3 is 0 Å². The van der Waals surface area contributed by atoms with Gasteiger partial charge in [0.2, 0.25) is 11.8 Å². The minimum absolute atomic E-state index is 0.142. The monoisotopic (exact) mass is 427 g/mol. The largest absolute Gasteiger partial charge is 0.497 e. The van der Waals surface area contributed by atoms with Gasteiger partial charge in [-0.3, -0.25) is 9.59 Å². The second-order valence-corrected chi connectivity index (χ2v) is 7.22. The Bertz CT molecular complexity index is 824. The zero-order valence-corrected chi connectivity index (χ0v) is 18.6. The number of carbonyl (C=O) groups excluding carboxylic acids is 2. The molecular weight excluding hydrogens is 394 g/mol. The van der Waals surface area contributed by atoms with Crippen LogP contribution in [0.4, 0.5) is 0 Å². The lowest BCUT2D eigenvalue weighted by Crippen LogP contribution is -2.38. The first-order valence-electron chi connectivity index (χ1n) is 10.6. The lowest BCUT2D eigenvalue weighted by molar-refractivity contribution is -0.123. The third-order valence-electron chi connectivity index (χ3n) is 4.80. The molecule has 0 spiro atoms. The van der Waals surface area contributed by atoms with E-state index in [-0.39, 0.29) is 24.8 Å². The van der Waals surface area contributed by atoms with Crippen LogP contribution >= 0.6 is 0 Å². The molecule has 0 heterocycles. The predicted octanol–water partition coefficient (Wildman–Crippen LogP) is 2.96. The molecule has 0 aliphatic heterocycles. The lowest BCUT2D eigenvalue weighted by Gasteiger charge is -2.19. The van der Waals surface area contributed by atoms with Gasteiger partial charge in [-0.25, -0.2) is 0 Å². The van der Waals surface area contributed by atoms with Crippen molar-refractivity contribution < 1.29 is 19.1 Å². The highest BCUT2D eigenvalue weighted by molar-refractivity contribution is 5.81. The van der Waals surface area contributed by atoms with E-state index in [4.69, 9.17) is 9.47 Å². The zero-order chi connectivity index (χ0) is 22.5. The van der Waals surface area contributed by atoms with Crippen molar-refractivity contribution in [2.45, 2.75) is 38.8 Å². The summed E-state index contributed by atoms with van der Waals surface area (Å²) < 4.78 is 10.9. The van der Waals surface area contributed by atoms with Crippen molar-refractivity contribution in [2.24, 2.45) is 0 Å². The second-order valence-electron chi connectivity index (χ2n) is 7.22. The van der Waals surface area contributed by atoms with Crippen molar-refractivity contribution in [2.75, 3.05) is 27.3 Å². The summed E-state index contributed by atoms with van der Waals surface area (Å²) >= 11 is 0. The fraction of sp³-hybridized carbons (Fsp3) is 0.417. The molecule has 7 nitrogen and oxygen atoms in total. The van der Waals surface area contributed by atoms with Crippen molar-refractivity contribution in [3.8, 4) is 11.5 Å². The van der Waals surface area contributed by atoms with E-state index in [1.165, 1.54) is 0 Å². The molecule has 2 amide bonds. The quantitative estimate of drug-likeness (QED) is 0.428. The number of benzene rings is 2. The van der Waals surface area contributed by atoms with Gasteiger partial charge in [0.15, 0.2) is 0 Å². The fourth-order valence-electron chi connectivity index (χ4n) is 3.00.